The number of carbonyl (C=O) groups excluding carboxylic acids is 1. The highest BCUT2D eigenvalue weighted by Crippen LogP contribution is 2.13. The fraction of sp³-hybridized carbons (Fsp3) is 0.100. The summed E-state index contributed by atoms with van der Waals surface area (Å²) in [5.74, 6) is -1.71. The lowest BCUT2D eigenvalue weighted by Crippen LogP contribution is -1.99. The van der Waals surface area contributed by atoms with E-state index in [4.69, 9.17) is 0 Å². The Balaban J connectivity index is 2.46. The third kappa shape index (κ3) is 1.81. The SMILES string of the molecule is CC(=O)c1cn(-c2ccc(F)cc2F)nn1. The van der Waals surface area contributed by atoms with Crippen molar-refractivity contribution < 1.29 is 13.6 Å². The van der Waals surface area contributed by atoms with Crippen LogP contribution in [-0.2, 0) is 0 Å². The van der Waals surface area contributed by atoms with Gasteiger partial charge in [-0.15, -0.1) is 5.10 Å². The molecular weight excluding hydrogens is 216 g/mol. The molecule has 0 spiro atoms. The van der Waals surface area contributed by atoms with Crippen molar-refractivity contribution in [3.63, 3.8) is 0 Å². The van der Waals surface area contributed by atoms with E-state index in [9.17, 15) is 13.6 Å². The maximum absolute atomic E-state index is 13.3. The molecule has 16 heavy (non-hydrogen) atoms. The van der Waals surface area contributed by atoms with Gasteiger partial charge in [-0.25, -0.2) is 13.5 Å². The van der Waals surface area contributed by atoms with E-state index >= 15 is 0 Å². The second kappa shape index (κ2) is 3.80. The van der Waals surface area contributed by atoms with Gasteiger partial charge in [0, 0.05) is 13.0 Å². The van der Waals surface area contributed by atoms with Gasteiger partial charge in [0.1, 0.15) is 17.2 Å². The predicted molar refractivity (Wildman–Crippen MR) is 51.3 cm³/mol. The first kappa shape index (κ1) is 10.4. The minimum Gasteiger partial charge on any atom is -0.293 e. The van der Waals surface area contributed by atoms with Gasteiger partial charge in [0.15, 0.2) is 11.6 Å². The average molecular weight is 223 g/mol. The number of hydrogen-bond donors (Lipinski definition) is 0. The summed E-state index contributed by atoms with van der Waals surface area (Å²) in [6.07, 6.45) is 1.29. The van der Waals surface area contributed by atoms with Crippen molar-refractivity contribution in [3.05, 3.63) is 41.7 Å². The third-order valence-electron chi connectivity index (χ3n) is 2.01. The van der Waals surface area contributed by atoms with Gasteiger partial charge in [0.25, 0.3) is 0 Å². The number of carbonyl (C=O) groups is 1. The van der Waals surface area contributed by atoms with Crippen molar-refractivity contribution >= 4 is 5.78 Å². The molecule has 4 nitrogen and oxygen atoms in total. The first-order chi connectivity index (χ1) is 7.58. The van der Waals surface area contributed by atoms with E-state index in [-0.39, 0.29) is 17.2 Å². The Morgan fingerprint density at radius 3 is 2.69 bits per heavy atom. The van der Waals surface area contributed by atoms with Gasteiger partial charge >= 0.3 is 0 Å². The van der Waals surface area contributed by atoms with Crippen LogP contribution in [0.4, 0.5) is 8.78 Å². The van der Waals surface area contributed by atoms with Crippen LogP contribution in [0.1, 0.15) is 17.4 Å². The molecule has 0 bridgehead atoms. The number of halogens is 2. The average Bonchev–Trinajstić information content (AvgIpc) is 2.66. The minimum absolute atomic E-state index is 0.0430. The summed E-state index contributed by atoms with van der Waals surface area (Å²) in [4.78, 5) is 11.0. The van der Waals surface area contributed by atoms with E-state index < -0.39 is 11.6 Å². The summed E-state index contributed by atoms with van der Waals surface area (Å²) in [6.45, 7) is 1.33. The molecule has 0 saturated carbocycles. The molecule has 2 aromatic rings. The largest absolute Gasteiger partial charge is 0.293 e. The lowest BCUT2D eigenvalue weighted by Gasteiger charge is -2.00. The molecule has 0 radical (unpaired) electrons. The zero-order chi connectivity index (χ0) is 11.7. The Bertz CT molecular complexity index is 551. The molecule has 0 saturated heterocycles. The van der Waals surface area contributed by atoms with Crippen molar-refractivity contribution in [2.45, 2.75) is 6.92 Å². The first-order valence-corrected chi connectivity index (χ1v) is 4.46. The van der Waals surface area contributed by atoms with Gasteiger partial charge in [-0.2, -0.15) is 0 Å². The third-order valence-corrected chi connectivity index (χ3v) is 2.01. The summed E-state index contributed by atoms with van der Waals surface area (Å²) in [6, 6.07) is 3.07. The topological polar surface area (TPSA) is 47.8 Å². The maximum atomic E-state index is 13.3. The van der Waals surface area contributed by atoms with E-state index in [2.05, 4.69) is 10.3 Å². The molecule has 0 atom stereocenters. The van der Waals surface area contributed by atoms with Gasteiger partial charge < -0.3 is 0 Å². The molecule has 1 aromatic carbocycles. The number of Topliss-reactive ketones (excluding diaryl/α,β-unsaturated/α-hetero) is 1. The number of aromatic nitrogens is 3. The van der Waals surface area contributed by atoms with Gasteiger partial charge in [-0.05, 0) is 12.1 Å². The molecule has 0 aliphatic heterocycles. The van der Waals surface area contributed by atoms with Gasteiger partial charge in [0.05, 0.1) is 6.20 Å². The van der Waals surface area contributed by atoms with Crippen molar-refractivity contribution in [3.8, 4) is 5.69 Å². The van der Waals surface area contributed by atoms with Crippen LogP contribution in [0.2, 0.25) is 0 Å². The van der Waals surface area contributed by atoms with Crippen LogP contribution in [0.5, 0.6) is 0 Å². The van der Waals surface area contributed by atoms with Crippen LogP contribution >= 0.6 is 0 Å². The zero-order valence-corrected chi connectivity index (χ0v) is 8.32. The molecular formula is C10H7F2N3O. The molecule has 0 N–H and O–H groups in total. The quantitative estimate of drug-likeness (QED) is 0.728. The number of hydrogen-bond acceptors (Lipinski definition) is 3. The fourth-order valence-corrected chi connectivity index (χ4v) is 1.21. The molecule has 6 heteroatoms. The van der Waals surface area contributed by atoms with E-state index in [1.807, 2.05) is 0 Å². The molecule has 1 aromatic heterocycles. The summed E-state index contributed by atoms with van der Waals surface area (Å²) in [7, 11) is 0. The van der Waals surface area contributed by atoms with Crippen LogP contribution in [0.3, 0.4) is 0 Å². The Kier molecular flexibility index (Phi) is 2.47. The van der Waals surface area contributed by atoms with Gasteiger partial charge in [-0.3, -0.25) is 4.79 Å². The van der Waals surface area contributed by atoms with Gasteiger partial charge in [0.2, 0.25) is 0 Å². The highest BCUT2D eigenvalue weighted by atomic mass is 19.1. The van der Waals surface area contributed by atoms with Crippen molar-refractivity contribution in [2.75, 3.05) is 0 Å². The second-order valence-corrected chi connectivity index (χ2v) is 3.20. The molecule has 0 fully saturated rings. The zero-order valence-electron chi connectivity index (χ0n) is 8.32. The van der Waals surface area contributed by atoms with Crippen LogP contribution in [0.15, 0.2) is 24.4 Å². The molecule has 0 aliphatic carbocycles. The number of benzene rings is 1. The summed E-state index contributed by atoms with van der Waals surface area (Å²) < 4.78 is 27.1. The normalized spacial score (nSPS) is 10.4. The number of nitrogens with zero attached hydrogens (tertiary/aromatic N) is 3. The summed E-state index contributed by atoms with van der Waals surface area (Å²) >= 11 is 0. The van der Waals surface area contributed by atoms with E-state index in [1.54, 1.807) is 0 Å². The van der Waals surface area contributed by atoms with Crippen molar-refractivity contribution in [1.29, 1.82) is 0 Å². The highest BCUT2D eigenvalue weighted by molar-refractivity contribution is 5.91. The lowest BCUT2D eigenvalue weighted by molar-refractivity contribution is 0.101. The Labute approximate surface area is 89.5 Å². The molecule has 0 unspecified atom stereocenters. The molecule has 0 aliphatic rings. The van der Waals surface area contributed by atoms with Crippen LogP contribution in [0, 0.1) is 11.6 Å². The summed E-state index contributed by atoms with van der Waals surface area (Å²) in [5, 5.41) is 7.14. The smallest absolute Gasteiger partial charge is 0.181 e. The van der Waals surface area contributed by atoms with Crippen LogP contribution < -0.4 is 0 Å². The molecule has 1 heterocycles. The van der Waals surface area contributed by atoms with Crippen molar-refractivity contribution in [1.82, 2.24) is 15.0 Å². The predicted octanol–water partition coefficient (Wildman–Crippen LogP) is 1.75. The first-order valence-electron chi connectivity index (χ1n) is 4.46. The Morgan fingerprint density at radius 2 is 2.12 bits per heavy atom. The molecule has 82 valence electrons. The molecule has 0 amide bonds. The van der Waals surface area contributed by atoms with E-state index in [0.717, 1.165) is 16.8 Å². The Morgan fingerprint density at radius 1 is 1.38 bits per heavy atom. The Hall–Kier alpha value is -2.11. The summed E-state index contributed by atoms with van der Waals surface area (Å²) in [5.41, 5.74) is 0.171. The minimum atomic E-state index is -0.764. The maximum Gasteiger partial charge on any atom is 0.181 e. The van der Waals surface area contributed by atoms with Gasteiger partial charge in [-0.1, -0.05) is 5.21 Å². The molecule has 2 rings (SSSR count). The highest BCUT2D eigenvalue weighted by Gasteiger charge is 2.10. The number of rotatable bonds is 2. The standard InChI is InChI=1S/C10H7F2N3O/c1-6(16)9-5-15(14-13-9)10-3-2-7(11)4-8(10)12/h2-5H,1H3. The van der Waals surface area contributed by atoms with E-state index in [1.165, 1.54) is 19.2 Å². The second-order valence-electron chi connectivity index (χ2n) is 3.20. The van der Waals surface area contributed by atoms with E-state index in [0.29, 0.717) is 0 Å². The van der Waals surface area contributed by atoms with Crippen LogP contribution in [-0.4, -0.2) is 20.8 Å². The lowest BCUT2D eigenvalue weighted by atomic mass is 10.3. The monoisotopic (exact) mass is 223 g/mol. The fourth-order valence-electron chi connectivity index (χ4n) is 1.21. The number of ketones is 1. The van der Waals surface area contributed by atoms with Crippen LogP contribution in [0.25, 0.3) is 5.69 Å². The van der Waals surface area contributed by atoms with Crippen molar-refractivity contribution in [2.24, 2.45) is 0 Å².